The van der Waals surface area contributed by atoms with Gasteiger partial charge in [0.1, 0.15) is 42.8 Å². The molecule has 27 heavy (non-hydrogen) atoms. The van der Waals surface area contributed by atoms with Gasteiger partial charge < -0.3 is 50.2 Å². The van der Waals surface area contributed by atoms with Gasteiger partial charge >= 0.3 is 5.97 Å². The van der Waals surface area contributed by atoms with Crippen molar-refractivity contribution in [3.63, 3.8) is 0 Å². The maximum Gasteiger partial charge on any atom is 0.371 e. The van der Waals surface area contributed by atoms with E-state index in [1.807, 2.05) is 0 Å². The normalized spacial score (nSPS) is 26.3. The van der Waals surface area contributed by atoms with Crippen LogP contribution in [0.4, 0.5) is 0 Å². The summed E-state index contributed by atoms with van der Waals surface area (Å²) in [5.74, 6) is -3.03. The van der Waals surface area contributed by atoms with E-state index < -0.39 is 67.1 Å². The molecule has 0 aromatic carbocycles. The van der Waals surface area contributed by atoms with Gasteiger partial charge in [0, 0.05) is 36.5 Å². The van der Waals surface area contributed by atoms with Gasteiger partial charge in [-0.2, -0.15) is 0 Å². The van der Waals surface area contributed by atoms with E-state index in [-0.39, 0.29) is 35.8 Å². The van der Waals surface area contributed by atoms with E-state index in [1.165, 1.54) is 0 Å². The molecule has 0 aromatic rings. The summed E-state index contributed by atoms with van der Waals surface area (Å²) < 4.78 is 10.1. The van der Waals surface area contributed by atoms with Crippen LogP contribution in [0.5, 0.6) is 0 Å². The summed E-state index contributed by atoms with van der Waals surface area (Å²) in [5, 5.41) is 59.2. The first-order valence-corrected chi connectivity index (χ1v) is 7.45. The quantitative estimate of drug-likeness (QED) is 0.144. The molecule has 1 radical (unpaired) electrons. The minimum absolute atomic E-state index is 0. The number of amides is 1. The zero-order valence-corrected chi connectivity index (χ0v) is 16.6. The molecule has 12 nitrogen and oxygen atoms in total. The Balaban J connectivity index is 0.00000676. The fourth-order valence-electron chi connectivity index (χ4n) is 2.17. The van der Waals surface area contributed by atoms with E-state index in [2.05, 4.69) is 5.32 Å². The van der Waals surface area contributed by atoms with Crippen molar-refractivity contribution in [2.75, 3.05) is 6.61 Å². The average molecular weight is 402 g/mol. The molecule has 1 amide bonds. The van der Waals surface area contributed by atoms with Crippen LogP contribution in [0.15, 0.2) is 11.8 Å². The second kappa shape index (κ2) is 11.7. The number of nitrogens with one attached hydrogen (secondary N) is 1. The topological polar surface area (TPSA) is 203 Å². The Kier molecular flexibility index (Phi) is 11.2. The standard InChI is InChI=1S/C14H21NO11.Na/c1-5(18)15-6(3-16)12(10(21)8(20)4-17)26-14-11(22)7(19)2-9(25-14)13(23)24;/h2-3,6-8,10-12,14,17,19-22H,4H2,1H3,(H,15,18)(H,23,24);/t6-,7-,8+,10+,11+,12+,14-;/m0./s1. The third-order valence-electron chi connectivity index (χ3n) is 3.48. The number of carbonyl (C=O) groups excluding carboxylic acids is 2. The van der Waals surface area contributed by atoms with Gasteiger partial charge in [-0.1, -0.05) is 0 Å². The minimum Gasteiger partial charge on any atom is -0.475 e. The van der Waals surface area contributed by atoms with E-state index in [0.717, 1.165) is 6.92 Å². The van der Waals surface area contributed by atoms with E-state index in [1.54, 1.807) is 0 Å². The van der Waals surface area contributed by atoms with Crippen LogP contribution in [-0.4, -0.2) is 128 Å². The van der Waals surface area contributed by atoms with Crippen molar-refractivity contribution in [2.24, 2.45) is 0 Å². The average Bonchev–Trinajstić information content (AvgIpc) is 2.59. The molecule has 0 aromatic heterocycles. The Morgan fingerprint density at radius 2 is 1.96 bits per heavy atom. The smallest absolute Gasteiger partial charge is 0.371 e. The monoisotopic (exact) mass is 402 g/mol. The Hall–Kier alpha value is -1.09. The first kappa shape index (κ1) is 25.9. The van der Waals surface area contributed by atoms with Crippen molar-refractivity contribution in [3.8, 4) is 0 Å². The molecule has 1 aliphatic rings. The Labute approximate surface area is 175 Å². The maximum absolute atomic E-state index is 11.2. The van der Waals surface area contributed by atoms with Crippen molar-refractivity contribution in [1.82, 2.24) is 5.32 Å². The van der Waals surface area contributed by atoms with E-state index >= 15 is 0 Å². The summed E-state index contributed by atoms with van der Waals surface area (Å²) in [5.41, 5.74) is 0. The van der Waals surface area contributed by atoms with Gasteiger partial charge in [-0.15, -0.1) is 0 Å². The molecule has 0 saturated carbocycles. The summed E-state index contributed by atoms with van der Waals surface area (Å²) in [7, 11) is 0. The maximum atomic E-state index is 11.2. The number of ether oxygens (including phenoxy) is 2. The SMILES string of the molecule is CC(=O)N[C@@H](C=O)[C@@H](O[C@@H]1OC(C(=O)O)=C[C@H](O)[C@H]1O)[C@H](O)[C@H](O)CO.[Na]. The number of rotatable bonds is 9. The van der Waals surface area contributed by atoms with Gasteiger partial charge in [0.05, 0.1) is 6.61 Å². The molecule has 1 heterocycles. The molecule has 1 aliphatic heterocycles. The van der Waals surface area contributed by atoms with E-state index in [9.17, 15) is 34.8 Å². The molecule has 0 unspecified atom stereocenters. The van der Waals surface area contributed by atoms with Gasteiger partial charge in [-0.25, -0.2) is 4.79 Å². The van der Waals surface area contributed by atoms with Crippen LogP contribution in [-0.2, 0) is 23.9 Å². The second-order valence-corrected chi connectivity index (χ2v) is 5.51. The summed E-state index contributed by atoms with van der Waals surface area (Å²) in [6, 6.07) is -1.55. The molecule has 0 saturated heterocycles. The van der Waals surface area contributed by atoms with Crippen LogP contribution in [0.2, 0.25) is 0 Å². The molecule has 7 N–H and O–H groups in total. The van der Waals surface area contributed by atoms with Crippen molar-refractivity contribution < 1.29 is 54.5 Å². The number of aliphatic hydroxyl groups excluding tert-OH is 5. The summed E-state index contributed by atoms with van der Waals surface area (Å²) in [4.78, 5) is 33.4. The van der Waals surface area contributed by atoms with Crippen LogP contribution < -0.4 is 5.32 Å². The number of aldehydes is 1. The number of aliphatic hydroxyl groups is 5. The first-order valence-electron chi connectivity index (χ1n) is 7.45. The molecule has 13 heteroatoms. The summed E-state index contributed by atoms with van der Waals surface area (Å²) in [6.45, 7) is 0.132. The van der Waals surface area contributed by atoms with Crippen LogP contribution in [0.25, 0.3) is 0 Å². The number of hydrogen-bond donors (Lipinski definition) is 7. The fraction of sp³-hybridized carbons (Fsp3) is 0.643. The molecule has 149 valence electrons. The van der Waals surface area contributed by atoms with E-state index in [4.69, 9.17) is 19.7 Å². The second-order valence-electron chi connectivity index (χ2n) is 5.51. The predicted molar refractivity (Wildman–Crippen MR) is 86.0 cm³/mol. The van der Waals surface area contributed by atoms with Gasteiger partial charge in [0.25, 0.3) is 0 Å². The molecular formula is C14H21NNaO11. The molecule has 0 aliphatic carbocycles. The summed E-state index contributed by atoms with van der Waals surface area (Å²) >= 11 is 0. The molecule has 7 atom stereocenters. The van der Waals surface area contributed by atoms with E-state index in [0.29, 0.717) is 6.08 Å². The fourth-order valence-corrected chi connectivity index (χ4v) is 2.17. The third-order valence-corrected chi connectivity index (χ3v) is 3.48. The molecule has 0 bridgehead atoms. The number of carboxylic acid groups (broad SMARTS) is 1. The Morgan fingerprint density at radius 1 is 1.37 bits per heavy atom. The van der Waals surface area contributed by atoms with Crippen LogP contribution >= 0.6 is 0 Å². The minimum atomic E-state index is -1.94. The number of carboxylic acids is 1. The first-order chi connectivity index (χ1) is 12.1. The molecule has 0 fully saturated rings. The number of aliphatic carboxylic acids is 1. The van der Waals surface area contributed by atoms with Gasteiger partial charge in [0.2, 0.25) is 18.0 Å². The van der Waals surface area contributed by atoms with Gasteiger partial charge in [-0.3, -0.25) is 4.79 Å². The molecular weight excluding hydrogens is 381 g/mol. The number of hydrogen-bond acceptors (Lipinski definition) is 10. The van der Waals surface area contributed by atoms with Crippen LogP contribution in [0.1, 0.15) is 6.92 Å². The third kappa shape index (κ3) is 7.10. The van der Waals surface area contributed by atoms with Gasteiger partial charge in [-0.05, 0) is 6.08 Å². The Bertz CT molecular complexity index is 557. The molecule has 0 spiro atoms. The van der Waals surface area contributed by atoms with Crippen molar-refractivity contribution in [2.45, 2.75) is 49.8 Å². The zero-order chi connectivity index (χ0) is 20.0. The zero-order valence-electron chi connectivity index (χ0n) is 14.6. The predicted octanol–water partition coefficient (Wildman–Crippen LogP) is -4.54. The van der Waals surface area contributed by atoms with Crippen molar-refractivity contribution >= 4 is 47.7 Å². The molecule has 1 rings (SSSR count). The van der Waals surface area contributed by atoms with Gasteiger partial charge in [0.15, 0.2) is 0 Å². The van der Waals surface area contributed by atoms with Crippen molar-refractivity contribution in [3.05, 3.63) is 11.8 Å². The van der Waals surface area contributed by atoms with Crippen LogP contribution in [0, 0.1) is 0 Å². The Morgan fingerprint density at radius 3 is 2.41 bits per heavy atom. The number of carbonyl (C=O) groups is 3. The van der Waals surface area contributed by atoms with Crippen molar-refractivity contribution in [1.29, 1.82) is 0 Å². The largest absolute Gasteiger partial charge is 0.475 e. The summed E-state index contributed by atoms with van der Waals surface area (Å²) in [6.07, 6.45) is -9.96. The van der Waals surface area contributed by atoms with Crippen LogP contribution in [0.3, 0.4) is 0 Å².